The zero-order valence-corrected chi connectivity index (χ0v) is 12.4. The van der Waals surface area contributed by atoms with Crippen LogP contribution in [0.2, 0.25) is 0 Å². The standard InChI is InChI=1S/C14H25F5O/c1-11(2)10-12(3)20-9-7-5-4-6-8-13(15,16)14(17,18)19/h11-12H,4-10H2,1-3H3. The van der Waals surface area contributed by atoms with Crippen molar-refractivity contribution in [3.05, 3.63) is 0 Å². The van der Waals surface area contributed by atoms with Gasteiger partial charge in [-0.25, -0.2) is 0 Å². The Kier molecular flexibility index (Phi) is 8.63. The van der Waals surface area contributed by atoms with Crippen LogP contribution in [0.15, 0.2) is 0 Å². The van der Waals surface area contributed by atoms with Crippen molar-refractivity contribution >= 4 is 0 Å². The summed E-state index contributed by atoms with van der Waals surface area (Å²) in [6.07, 6.45) is -3.88. The van der Waals surface area contributed by atoms with Gasteiger partial charge >= 0.3 is 12.1 Å². The van der Waals surface area contributed by atoms with Gasteiger partial charge in [0.05, 0.1) is 6.10 Å². The first-order chi connectivity index (χ1) is 9.06. The molecule has 0 saturated heterocycles. The molecule has 0 aliphatic rings. The fraction of sp³-hybridized carbons (Fsp3) is 1.00. The van der Waals surface area contributed by atoms with Crippen LogP contribution in [0.5, 0.6) is 0 Å². The molecule has 0 heterocycles. The molecule has 0 spiro atoms. The number of unbranched alkanes of at least 4 members (excludes halogenated alkanes) is 3. The number of rotatable bonds is 10. The van der Waals surface area contributed by atoms with Crippen molar-refractivity contribution in [2.24, 2.45) is 5.92 Å². The van der Waals surface area contributed by atoms with Crippen molar-refractivity contribution in [3.63, 3.8) is 0 Å². The summed E-state index contributed by atoms with van der Waals surface area (Å²) in [5.74, 6) is -4.01. The SMILES string of the molecule is CC(C)CC(C)OCCCCCCC(F)(F)C(F)(F)F. The van der Waals surface area contributed by atoms with Gasteiger partial charge in [-0.3, -0.25) is 0 Å². The van der Waals surface area contributed by atoms with Gasteiger partial charge in [-0.15, -0.1) is 0 Å². The topological polar surface area (TPSA) is 9.23 Å². The Labute approximate surface area is 117 Å². The summed E-state index contributed by atoms with van der Waals surface area (Å²) in [4.78, 5) is 0. The second-order valence-corrected chi connectivity index (χ2v) is 5.68. The molecule has 0 rings (SSSR count). The van der Waals surface area contributed by atoms with Crippen LogP contribution < -0.4 is 0 Å². The van der Waals surface area contributed by atoms with Crippen molar-refractivity contribution in [1.82, 2.24) is 0 Å². The quantitative estimate of drug-likeness (QED) is 0.378. The van der Waals surface area contributed by atoms with E-state index in [1.807, 2.05) is 6.92 Å². The molecular formula is C14H25F5O. The number of alkyl halides is 5. The predicted octanol–water partition coefficient (Wildman–Crippen LogP) is 5.59. The third-order valence-electron chi connectivity index (χ3n) is 3.01. The first kappa shape index (κ1) is 19.6. The van der Waals surface area contributed by atoms with E-state index in [0.717, 1.165) is 6.42 Å². The Morgan fingerprint density at radius 2 is 1.40 bits per heavy atom. The Bertz CT molecular complexity index is 250. The minimum atomic E-state index is -5.43. The van der Waals surface area contributed by atoms with E-state index in [2.05, 4.69) is 13.8 Å². The van der Waals surface area contributed by atoms with E-state index in [-0.39, 0.29) is 12.5 Å². The monoisotopic (exact) mass is 304 g/mol. The largest absolute Gasteiger partial charge is 0.453 e. The van der Waals surface area contributed by atoms with Gasteiger partial charge in [0, 0.05) is 13.0 Å². The van der Waals surface area contributed by atoms with E-state index in [9.17, 15) is 22.0 Å². The van der Waals surface area contributed by atoms with Crippen molar-refractivity contribution < 1.29 is 26.7 Å². The van der Waals surface area contributed by atoms with Gasteiger partial charge in [-0.1, -0.05) is 26.7 Å². The van der Waals surface area contributed by atoms with Gasteiger partial charge in [0.25, 0.3) is 0 Å². The Morgan fingerprint density at radius 3 is 1.90 bits per heavy atom. The highest BCUT2D eigenvalue weighted by Crippen LogP contribution is 2.39. The highest BCUT2D eigenvalue weighted by molar-refractivity contribution is 4.75. The lowest BCUT2D eigenvalue weighted by atomic mass is 10.1. The molecule has 0 aromatic carbocycles. The molecule has 0 N–H and O–H groups in total. The third-order valence-corrected chi connectivity index (χ3v) is 3.01. The molecule has 0 aliphatic heterocycles. The van der Waals surface area contributed by atoms with E-state index in [1.165, 1.54) is 0 Å². The molecule has 20 heavy (non-hydrogen) atoms. The molecule has 6 heteroatoms. The second kappa shape index (κ2) is 8.80. The first-order valence-corrected chi connectivity index (χ1v) is 7.12. The van der Waals surface area contributed by atoms with Crippen LogP contribution in [0.25, 0.3) is 0 Å². The molecule has 122 valence electrons. The lowest BCUT2D eigenvalue weighted by Crippen LogP contribution is -2.36. The lowest BCUT2D eigenvalue weighted by molar-refractivity contribution is -0.284. The van der Waals surface area contributed by atoms with E-state index in [1.54, 1.807) is 0 Å². The van der Waals surface area contributed by atoms with Crippen LogP contribution in [0.4, 0.5) is 22.0 Å². The summed E-state index contributed by atoms with van der Waals surface area (Å²) < 4.78 is 66.4. The normalized spacial score (nSPS) is 14.8. The summed E-state index contributed by atoms with van der Waals surface area (Å²) >= 11 is 0. The Hall–Kier alpha value is -0.390. The zero-order valence-electron chi connectivity index (χ0n) is 12.4. The smallest absolute Gasteiger partial charge is 0.379 e. The molecule has 0 saturated carbocycles. The summed E-state index contributed by atoms with van der Waals surface area (Å²) in [5, 5.41) is 0. The van der Waals surface area contributed by atoms with Crippen molar-refractivity contribution in [2.75, 3.05) is 6.61 Å². The van der Waals surface area contributed by atoms with Crippen LogP contribution in [0, 0.1) is 5.92 Å². The van der Waals surface area contributed by atoms with Gasteiger partial charge in [0.2, 0.25) is 0 Å². The van der Waals surface area contributed by atoms with Gasteiger partial charge < -0.3 is 4.74 Å². The molecule has 0 bridgehead atoms. The third kappa shape index (κ3) is 8.72. The van der Waals surface area contributed by atoms with Gasteiger partial charge in [-0.2, -0.15) is 22.0 Å². The zero-order chi connectivity index (χ0) is 15.8. The number of hydrogen-bond acceptors (Lipinski definition) is 1. The van der Waals surface area contributed by atoms with E-state index < -0.39 is 18.5 Å². The molecular weight excluding hydrogens is 279 g/mol. The highest BCUT2D eigenvalue weighted by Gasteiger charge is 2.56. The first-order valence-electron chi connectivity index (χ1n) is 7.12. The maximum atomic E-state index is 12.6. The van der Waals surface area contributed by atoms with Crippen molar-refractivity contribution in [2.45, 2.75) is 77.5 Å². The fourth-order valence-corrected chi connectivity index (χ4v) is 1.96. The number of hydrogen-bond donors (Lipinski definition) is 0. The molecule has 0 fully saturated rings. The van der Waals surface area contributed by atoms with E-state index >= 15 is 0 Å². The molecule has 0 amide bonds. The van der Waals surface area contributed by atoms with E-state index in [0.29, 0.717) is 31.8 Å². The van der Waals surface area contributed by atoms with Crippen LogP contribution in [0.1, 0.15) is 59.3 Å². The summed E-state index contributed by atoms with van der Waals surface area (Å²) in [5.41, 5.74) is 0. The maximum Gasteiger partial charge on any atom is 0.453 e. The molecule has 0 aromatic heterocycles. The van der Waals surface area contributed by atoms with Crippen molar-refractivity contribution in [1.29, 1.82) is 0 Å². The van der Waals surface area contributed by atoms with Crippen LogP contribution in [-0.2, 0) is 4.74 Å². The van der Waals surface area contributed by atoms with Crippen LogP contribution >= 0.6 is 0 Å². The minimum Gasteiger partial charge on any atom is -0.379 e. The van der Waals surface area contributed by atoms with Gasteiger partial charge in [0.15, 0.2) is 0 Å². The van der Waals surface area contributed by atoms with E-state index in [4.69, 9.17) is 4.74 Å². The molecule has 1 atom stereocenters. The average molecular weight is 304 g/mol. The van der Waals surface area contributed by atoms with Gasteiger partial charge in [-0.05, 0) is 32.1 Å². The highest BCUT2D eigenvalue weighted by atomic mass is 19.4. The molecule has 0 radical (unpaired) electrons. The van der Waals surface area contributed by atoms with Crippen LogP contribution in [0.3, 0.4) is 0 Å². The summed E-state index contributed by atoms with van der Waals surface area (Å²) in [7, 11) is 0. The lowest BCUT2D eigenvalue weighted by Gasteiger charge is -2.19. The molecule has 0 aliphatic carbocycles. The number of ether oxygens (including phenoxy) is 1. The maximum absolute atomic E-state index is 12.6. The Morgan fingerprint density at radius 1 is 0.850 bits per heavy atom. The molecule has 1 nitrogen and oxygen atoms in total. The molecule has 0 aromatic rings. The molecule has 1 unspecified atom stereocenters. The summed E-state index contributed by atoms with van der Waals surface area (Å²) in [6, 6.07) is 0. The van der Waals surface area contributed by atoms with Crippen LogP contribution in [-0.4, -0.2) is 24.8 Å². The predicted molar refractivity (Wildman–Crippen MR) is 69.0 cm³/mol. The average Bonchev–Trinajstić information content (AvgIpc) is 2.25. The second-order valence-electron chi connectivity index (χ2n) is 5.68. The fourth-order valence-electron chi connectivity index (χ4n) is 1.96. The summed E-state index contributed by atoms with van der Waals surface area (Å²) in [6.45, 7) is 6.70. The minimum absolute atomic E-state index is 0.117. The van der Waals surface area contributed by atoms with Crippen molar-refractivity contribution in [3.8, 4) is 0 Å². The Balaban J connectivity index is 3.55. The van der Waals surface area contributed by atoms with Gasteiger partial charge in [0.1, 0.15) is 0 Å². The number of halogens is 5.